The number of nitrogens with one attached hydrogen (secondary N) is 6. The zero-order chi connectivity index (χ0) is 58.7. The van der Waals surface area contributed by atoms with Gasteiger partial charge in [0.05, 0.1) is 31.4 Å². The van der Waals surface area contributed by atoms with Crippen molar-refractivity contribution < 1.29 is 50.2 Å². The minimum Gasteiger partial charge on any atom is -0.307 e. The lowest BCUT2D eigenvalue weighted by atomic mass is 9.92. The van der Waals surface area contributed by atoms with Gasteiger partial charge in [0.1, 0.15) is 11.6 Å². The number of carbonyl (C=O) groups excluding carboxylic acids is 6. The van der Waals surface area contributed by atoms with E-state index in [-0.39, 0.29) is 54.8 Å². The summed E-state index contributed by atoms with van der Waals surface area (Å²) in [6, 6.07) is 21.9. The van der Waals surface area contributed by atoms with Crippen molar-refractivity contribution in [3.8, 4) is 0 Å². The topological polar surface area (TPSA) is 263 Å². The van der Waals surface area contributed by atoms with Gasteiger partial charge in [-0.1, -0.05) is 64.1 Å². The van der Waals surface area contributed by atoms with Crippen LogP contribution in [-0.4, -0.2) is 48.4 Å². The Kier molecular flexibility index (Phi) is 15.2. The highest BCUT2D eigenvalue weighted by Crippen LogP contribution is 2.42. The predicted molar refractivity (Wildman–Crippen MR) is 311 cm³/mol. The fraction of sp³-hybridized carbons (Fsp3) is 0.300. The van der Waals surface area contributed by atoms with Crippen LogP contribution in [0.25, 0.3) is 0 Å². The Balaban J connectivity index is 0.000000130. The summed E-state index contributed by atoms with van der Waals surface area (Å²) in [6.07, 6.45) is 10.8. The zero-order valence-corrected chi connectivity index (χ0v) is 48.2. The number of hydrogen-bond acceptors (Lipinski definition) is 9. The van der Waals surface area contributed by atoms with Crippen LogP contribution in [0.3, 0.4) is 0 Å². The summed E-state index contributed by atoms with van der Waals surface area (Å²) in [5, 5.41) is 8.37. The van der Waals surface area contributed by atoms with Crippen LogP contribution in [0.2, 0.25) is 0 Å². The Hall–Kier alpha value is -8.15. The molecule has 0 aromatic heterocycles. The standard InChI is InChI=1S/C20H18FN3O3S.C20H22FN3O3S.C20H19N3O3S/c21-17-11-6-3-8-13(11)18(14-9-4-7-12(14)17)22-20(26)24-28(27)16-10-2-1-5-15(16)19(25)23-28;1-11(2)15-9-13(21)10-16(12(3)4)18(15)22-20(26)24-28(27)17-8-6-5-7-14(17)19(25)23-28;24-19-16-6-1-2-10-18(16)27(26,22-19)23-20(25)21-17-11-12-5-3-7-13(12)14-8-4-9-15(14)17/h1-2,5,10H,3-4,6-9H2,(H2,22,23,24,25,26,27);5-12H,1-4H3,(H2,22,23,24,25,26,27);1-2,6,10-11H,3-5,7-9H2,(H2,21,22,23,24,25,26). The predicted octanol–water partition coefficient (Wildman–Crippen LogP) is 11.7. The number of hydrogen-bond donors (Lipinski definition) is 6. The number of rotatable bonds is 8. The molecule has 6 aromatic carbocycles. The third kappa shape index (κ3) is 10.7. The molecular weight excluding hydrogens is 1120 g/mol. The van der Waals surface area contributed by atoms with E-state index in [0.29, 0.717) is 59.3 Å². The third-order valence-corrected chi connectivity index (χ3v) is 21.3. The van der Waals surface area contributed by atoms with Gasteiger partial charge >= 0.3 is 18.1 Å². The molecule has 0 bridgehead atoms. The lowest BCUT2D eigenvalue weighted by Crippen LogP contribution is -2.34. The van der Waals surface area contributed by atoms with Crippen LogP contribution < -0.4 is 30.1 Å². The van der Waals surface area contributed by atoms with Gasteiger partial charge < -0.3 is 16.0 Å². The molecule has 0 fully saturated rings. The number of aryl methyl sites for hydroxylation is 1. The maximum absolute atomic E-state index is 14.8. The summed E-state index contributed by atoms with van der Waals surface area (Å²) in [5.74, 6) is -2.39. The van der Waals surface area contributed by atoms with Crippen molar-refractivity contribution in [2.75, 3.05) is 16.0 Å². The molecule has 18 nitrogen and oxygen atoms in total. The van der Waals surface area contributed by atoms with E-state index in [1.807, 2.05) is 27.7 Å². The highest BCUT2D eigenvalue weighted by molar-refractivity contribution is 7.93. The molecular formula is C60H59F2N9O9S3. The van der Waals surface area contributed by atoms with Crippen LogP contribution >= 0.6 is 0 Å². The molecule has 430 valence electrons. The first-order valence-corrected chi connectivity index (χ1v) is 32.0. The molecule has 3 unspecified atom stereocenters. The Morgan fingerprint density at radius 2 is 0.807 bits per heavy atom. The van der Waals surface area contributed by atoms with Crippen molar-refractivity contribution in [3.63, 3.8) is 0 Å². The normalized spacial score (nSPS) is 20.6. The van der Waals surface area contributed by atoms with Gasteiger partial charge in [0.15, 0.2) is 29.7 Å². The highest BCUT2D eigenvalue weighted by Gasteiger charge is 2.36. The first kappa shape index (κ1) is 56.7. The van der Waals surface area contributed by atoms with Crippen molar-refractivity contribution in [1.29, 1.82) is 0 Å². The van der Waals surface area contributed by atoms with Crippen molar-refractivity contribution in [1.82, 2.24) is 14.2 Å². The van der Waals surface area contributed by atoms with Crippen molar-refractivity contribution in [2.45, 2.75) is 131 Å². The number of amides is 9. The highest BCUT2D eigenvalue weighted by atomic mass is 32.2. The van der Waals surface area contributed by atoms with Gasteiger partial charge in [-0.3, -0.25) is 14.4 Å². The summed E-state index contributed by atoms with van der Waals surface area (Å²) < 4.78 is 86.3. The van der Waals surface area contributed by atoms with E-state index in [9.17, 15) is 50.2 Å². The average molecular weight is 1180 g/mol. The van der Waals surface area contributed by atoms with Crippen molar-refractivity contribution >= 4 is 82.6 Å². The quantitative estimate of drug-likeness (QED) is 0.0845. The Morgan fingerprint density at radius 1 is 0.446 bits per heavy atom. The van der Waals surface area contributed by atoms with Crippen LogP contribution in [0.4, 0.5) is 40.2 Å². The molecule has 13 rings (SSSR count). The summed E-state index contributed by atoms with van der Waals surface area (Å²) in [5.41, 5.74) is 12.3. The van der Waals surface area contributed by atoms with E-state index < -0.39 is 65.6 Å². The first-order valence-electron chi connectivity index (χ1n) is 27.5. The molecule has 23 heteroatoms. The lowest BCUT2D eigenvalue weighted by Gasteiger charge is -2.21. The fourth-order valence-electron chi connectivity index (χ4n) is 12.1. The molecule has 9 amide bonds. The Labute approximate surface area is 479 Å². The average Bonchev–Trinajstić information content (AvgIpc) is 3.10. The molecule has 6 N–H and O–H groups in total. The fourth-order valence-corrected chi connectivity index (χ4v) is 16.9. The van der Waals surface area contributed by atoms with Gasteiger partial charge in [0.25, 0.3) is 17.7 Å². The summed E-state index contributed by atoms with van der Waals surface area (Å²) in [4.78, 5) is 74.6. The second-order valence-electron chi connectivity index (χ2n) is 21.7. The summed E-state index contributed by atoms with van der Waals surface area (Å²) in [6.45, 7) is 7.57. The van der Waals surface area contributed by atoms with Crippen molar-refractivity contribution in [2.24, 2.45) is 13.1 Å². The van der Waals surface area contributed by atoms with Gasteiger partial charge in [-0.15, -0.1) is 13.1 Å². The van der Waals surface area contributed by atoms with Crippen LogP contribution in [0.15, 0.2) is 119 Å². The number of anilines is 3. The van der Waals surface area contributed by atoms with E-state index >= 15 is 0 Å². The Bertz CT molecular complexity index is 4180. The second kappa shape index (κ2) is 22.2. The van der Waals surface area contributed by atoms with E-state index in [0.717, 1.165) is 68.2 Å². The van der Waals surface area contributed by atoms with E-state index in [1.54, 1.807) is 48.5 Å². The van der Waals surface area contributed by atoms with E-state index in [2.05, 4.69) is 49.3 Å². The molecule has 3 heterocycles. The van der Waals surface area contributed by atoms with Crippen LogP contribution in [0, 0.1) is 11.6 Å². The third-order valence-electron chi connectivity index (χ3n) is 15.8. The number of benzene rings is 6. The van der Waals surface area contributed by atoms with E-state index in [1.165, 1.54) is 58.7 Å². The maximum Gasteiger partial charge on any atom is 0.331 e. The SMILES string of the molecule is CC(C)c1cc(F)cc(C(C)C)c1NC(=O)NS1(=O)=NC(=O)c2ccccc21.O=C(Nc1c2c(c(F)c3c1CCC3)CCC2)NS1(=O)=NC(=O)c2ccccc21.O=C(Nc1cc2c(c3c1CCC3)CCC2)NS1(=O)=NC(=O)c2ccccc21. The summed E-state index contributed by atoms with van der Waals surface area (Å²) >= 11 is 0. The lowest BCUT2D eigenvalue weighted by molar-refractivity contribution is 0.0997. The molecule has 0 radical (unpaired) electrons. The van der Waals surface area contributed by atoms with Gasteiger partial charge in [-0.2, -0.15) is 0 Å². The molecule has 3 atom stereocenters. The molecule has 0 saturated carbocycles. The van der Waals surface area contributed by atoms with Gasteiger partial charge in [0, 0.05) is 17.1 Å². The molecule has 83 heavy (non-hydrogen) atoms. The smallest absolute Gasteiger partial charge is 0.307 e. The number of halogens is 2. The molecule has 6 aromatic rings. The maximum atomic E-state index is 14.8. The van der Waals surface area contributed by atoms with Gasteiger partial charge in [0.2, 0.25) is 0 Å². The monoisotopic (exact) mass is 1180 g/mol. The minimum atomic E-state index is -3.42. The number of carbonyl (C=O) groups is 6. The molecule has 7 aliphatic rings. The summed E-state index contributed by atoms with van der Waals surface area (Å²) in [7, 11) is -10.1. The van der Waals surface area contributed by atoms with Gasteiger partial charge in [-0.25, -0.2) is 50.0 Å². The Morgan fingerprint density at radius 3 is 1.25 bits per heavy atom. The minimum absolute atomic E-state index is 0.0458. The first-order chi connectivity index (χ1) is 39.6. The number of urea groups is 3. The van der Waals surface area contributed by atoms with Crippen LogP contribution in [-0.2, 0) is 81.1 Å². The molecule has 0 spiro atoms. The van der Waals surface area contributed by atoms with Gasteiger partial charge in [-0.05, 0) is 199 Å². The van der Waals surface area contributed by atoms with Crippen molar-refractivity contribution in [3.05, 3.63) is 175 Å². The van der Waals surface area contributed by atoms with E-state index in [4.69, 9.17) is 0 Å². The van der Waals surface area contributed by atoms with Crippen LogP contribution in [0.5, 0.6) is 0 Å². The number of fused-ring (bicyclic) bond motifs is 8. The molecule has 3 aliphatic heterocycles. The molecule has 0 saturated heterocycles. The number of nitrogens with zero attached hydrogens (tertiary/aromatic N) is 3. The zero-order valence-electron chi connectivity index (χ0n) is 45.8. The molecule has 4 aliphatic carbocycles. The van der Waals surface area contributed by atoms with Crippen LogP contribution in [0.1, 0.15) is 152 Å². The second-order valence-corrected chi connectivity index (χ2v) is 27.4. The largest absolute Gasteiger partial charge is 0.331 e.